The maximum atomic E-state index is 13.5. The first-order valence-corrected chi connectivity index (χ1v) is 15.1. The molecule has 9 nitrogen and oxygen atoms in total. The number of nitrogens with one attached hydrogen (secondary N) is 1. The standard InChI is InChI=1S/C32H47NO8/c1-28(2,38)11-10-26(41-27(37)21-7-6-14-33-21)31(5,39)25-9-13-32(40)19-15-22(34)20-16-23(35)24(36)17-29(20,3)18(19)8-12-30(25,32)4/h6-7,14-15,18,20,23-26,33,35-36,38-40H,8-13,16-17H2,1-5H3/t18?,20-,23+,24-,25?,26+,29+,30+,31-,32+/m0/s1. The van der Waals surface area contributed by atoms with Gasteiger partial charge in [-0.15, -0.1) is 0 Å². The molecule has 41 heavy (non-hydrogen) atoms. The monoisotopic (exact) mass is 573 g/mol. The van der Waals surface area contributed by atoms with Crippen LogP contribution in [0.2, 0.25) is 0 Å². The van der Waals surface area contributed by atoms with E-state index in [4.69, 9.17) is 4.74 Å². The first-order valence-electron chi connectivity index (χ1n) is 15.1. The number of hydrogen-bond acceptors (Lipinski definition) is 8. The number of fused-ring (bicyclic) bond motifs is 5. The van der Waals surface area contributed by atoms with E-state index in [1.165, 1.54) is 0 Å². The lowest BCUT2D eigenvalue weighted by Crippen LogP contribution is -2.63. The zero-order valence-electron chi connectivity index (χ0n) is 24.9. The van der Waals surface area contributed by atoms with E-state index in [-0.39, 0.29) is 43.1 Å². The summed E-state index contributed by atoms with van der Waals surface area (Å²) in [5, 5.41) is 56.1. The fourth-order valence-electron chi connectivity index (χ4n) is 9.14. The Morgan fingerprint density at radius 3 is 2.46 bits per heavy atom. The number of H-pyrrole nitrogens is 1. The highest BCUT2D eigenvalue weighted by atomic mass is 16.6. The Morgan fingerprint density at radius 2 is 1.83 bits per heavy atom. The van der Waals surface area contributed by atoms with Crippen LogP contribution in [0.4, 0.5) is 0 Å². The molecule has 0 aromatic carbocycles. The van der Waals surface area contributed by atoms with Crippen molar-refractivity contribution in [1.29, 1.82) is 0 Å². The van der Waals surface area contributed by atoms with E-state index in [0.717, 1.165) is 0 Å². The summed E-state index contributed by atoms with van der Waals surface area (Å²) in [5.74, 6) is -1.74. The number of carbonyl (C=O) groups is 2. The molecule has 1 aromatic rings. The number of aromatic nitrogens is 1. The molecule has 0 spiro atoms. The third-order valence-corrected chi connectivity index (χ3v) is 11.6. The Bertz CT molecular complexity index is 1200. The minimum atomic E-state index is -1.55. The van der Waals surface area contributed by atoms with Gasteiger partial charge in [-0.2, -0.15) is 0 Å². The first kappa shape index (κ1) is 30.4. The van der Waals surface area contributed by atoms with Gasteiger partial charge < -0.3 is 35.3 Å². The molecule has 3 saturated carbocycles. The lowest BCUT2D eigenvalue weighted by molar-refractivity contribution is -0.177. The second kappa shape index (κ2) is 10.0. The molecular weight excluding hydrogens is 526 g/mol. The van der Waals surface area contributed by atoms with Gasteiger partial charge in [0.1, 0.15) is 17.4 Å². The molecule has 3 fully saturated rings. The van der Waals surface area contributed by atoms with Crippen LogP contribution in [-0.4, -0.2) is 77.4 Å². The van der Waals surface area contributed by atoms with E-state index in [9.17, 15) is 35.1 Å². The van der Waals surface area contributed by atoms with Crippen LogP contribution in [-0.2, 0) is 9.53 Å². The molecule has 6 N–H and O–H groups in total. The van der Waals surface area contributed by atoms with Crippen LogP contribution in [0, 0.1) is 28.6 Å². The van der Waals surface area contributed by atoms with E-state index in [1.54, 1.807) is 45.2 Å². The minimum absolute atomic E-state index is 0.125. The normalized spacial score (nSPS) is 41.0. The lowest BCUT2D eigenvalue weighted by atomic mass is 9.45. The predicted octanol–water partition coefficient (Wildman–Crippen LogP) is 3.05. The fraction of sp³-hybridized carbons (Fsp3) is 0.750. The van der Waals surface area contributed by atoms with Crippen molar-refractivity contribution in [2.75, 3.05) is 0 Å². The lowest BCUT2D eigenvalue weighted by Gasteiger charge is -2.60. The summed E-state index contributed by atoms with van der Waals surface area (Å²) in [6.45, 7) is 8.97. The smallest absolute Gasteiger partial charge is 0.355 e. The molecule has 0 amide bonds. The molecule has 10 atom stereocenters. The van der Waals surface area contributed by atoms with Gasteiger partial charge in [0.15, 0.2) is 5.78 Å². The van der Waals surface area contributed by atoms with E-state index in [1.807, 2.05) is 13.8 Å². The molecule has 1 aromatic heterocycles. The van der Waals surface area contributed by atoms with Gasteiger partial charge in [0.2, 0.25) is 0 Å². The van der Waals surface area contributed by atoms with E-state index in [2.05, 4.69) is 4.98 Å². The van der Waals surface area contributed by atoms with Crippen molar-refractivity contribution >= 4 is 11.8 Å². The molecule has 0 saturated heterocycles. The van der Waals surface area contributed by atoms with Gasteiger partial charge in [-0.25, -0.2) is 4.79 Å². The van der Waals surface area contributed by atoms with Crippen molar-refractivity contribution < 1.29 is 39.9 Å². The molecule has 5 rings (SSSR count). The Hall–Kier alpha value is -2.04. The van der Waals surface area contributed by atoms with Crippen LogP contribution in [0.15, 0.2) is 30.0 Å². The van der Waals surface area contributed by atoms with Crippen molar-refractivity contribution in [3.63, 3.8) is 0 Å². The number of esters is 1. The summed E-state index contributed by atoms with van der Waals surface area (Å²) in [6.07, 6.45) is 3.43. The predicted molar refractivity (Wildman–Crippen MR) is 151 cm³/mol. The average molecular weight is 574 g/mol. The third-order valence-electron chi connectivity index (χ3n) is 11.6. The van der Waals surface area contributed by atoms with Gasteiger partial charge in [0.25, 0.3) is 0 Å². The number of carbonyl (C=O) groups excluding carboxylic acids is 2. The minimum Gasteiger partial charge on any atom is -0.455 e. The Kier molecular flexibility index (Phi) is 7.43. The highest BCUT2D eigenvalue weighted by Gasteiger charge is 2.69. The first-order chi connectivity index (χ1) is 18.9. The third kappa shape index (κ3) is 4.82. The largest absolute Gasteiger partial charge is 0.455 e. The van der Waals surface area contributed by atoms with Gasteiger partial charge >= 0.3 is 5.97 Å². The molecular formula is C32H47NO8. The average Bonchev–Trinajstić information content (AvgIpc) is 3.50. The van der Waals surface area contributed by atoms with Crippen molar-refractivity contribution in [3.05, 3.63) is 35.7 Å². The molecule has 1 heterocycles. The Labute approximate surface area is 242 Å². The fourth-order valence-corrected chi connectivity index (χ4v) is 9.14. The highest BCUT2D eigenvalue weighted by Crippen LogP contribution is 2.68. The summed E-state index contributed by atoms with van der Waals surface area (Å²) in [5.41, 5.74) is -4.41. The maximum absolute atomic E-state index is 13.5. The molecule has 0 bridgehead atoms. The van der Waals surface area contributed by atoms with E-state index in [0.29, 0.717) is 31.3 Å². The van der Waals surface area contributed by atoms with Gasteiger partial charge in [-0.05, 0) is 113 Å². The van der Waals surface area contributed by atoms with Crippen LogP contribution in [0.5, 0.6) is 0 Å². The number of aliphatic hydroxyl groups excluding tert-OH is 2. The van der Waals surface area contributed by atoms with Gasteiger partial charge in [-0.3, -0.25) is 4.79 Å². The summed E-state index contributed by atoms with van der Waals surface area (Å²) in [7, 11) is 0. The summed E-state index contributed by atoms with van der Waals surface area (Å²) in [6, 6.07) is 3.29. The number of ketones is 1. The highest BCUT2D eigenvalue weighted by molar-refractivity contribution is 5.95. The Morgan fingerprint density at radius 1 is 1.12 bits per heavy atom. The van der Waals surface area contributed by atoms with Crippen LogP contribution >= 0.6 is 0 Å². The van der Waals surface area contributed by atoms with Gasteiger partial charge in [-0.1, -0.05) is 13.8 Å². The van der Waals surface area contributed by atoms with Crippen LogP contribution in [0.25, 0.3) is 0 Å². The van der Waals surface area contributed by atoms with Gasteiger partial charge in [0, 0.05) is 17.5 Å². The molecule has 0 radical (unpaired) electrons. The number of ether oxygens (including phenoxy) is 1. The number of hydrogen-bond donors (Lipinski definition) is 6. The molecule has 2 unspecified atom stereocenters. The van der Waals surface area contributed by atoms with Crippen molar-refractivity contribution in [3.8, 4) is 0 Å². The van der Waals surface area contributed by atoms with E-state index < -0.39 is 63.8 Å². The number of rotatable bonds is 7. The summed E-state index contributed by atoms with van der Waals surface area (Å²) in [4.78, 5) is 29.3. The van der Waals surface area contributed by atoms with Crippen LogP contribution in [0.1, 0.15) is 96.5 Å². The molecule has 9 heteroatoms. The summed E-state index contributed by atoms with van der Waals surface area (Å²) < 4.78 is 5.92. The second-order valence-electron chi connectivity index (χ2n) is 14.6. The molecule has 228 valence electrons. The molecule has 4 aliphatic rings. The van der Waals surface area contributed by atoms with Crippen LogP contribution in [0.3, 0.4) is 0 Å². The maximum Gasteiger partial charge on any atom is 0.355 e. The van der Waals surface area contributed by atoms with Crippen molar-refractivity contribution in [2.45, 2.75) is 121 Å². The Balaban J connectivity index is 1.48. The topological polar surface area (TPSA) is 160 Å². The van der Waals surface area contributed by atoms with Gasteiger partial charge in [0.05, 0.1) is 23.4 Å². The van der Waals surface area contributed by atoms with Crippen molar-refractivity contribution in [1.82, 2.24) is 4.98 Å². The quantitative estimate of drug-likeness (QED) is 0.272. The number of aromatic amines is 1. The molecule has 4 aliphatic carbocycles. The second-order valence-corrected chi connectivity index (χ2v) is 14.6. The molecule has 0 aliphatic heterocycles. The van der Waals surface area contributed by atoms with Crippen molar-refractivity contribution in [2.24, 2.45) is 28.6 Å². The SMILES string of the molecule is CC(C)(O)CC[C@@H](OC(=O)c1ccc[nH]1)[C@@](C)(O)C1CC[C@@]2(O)C3=CC(=O)[C@@H]4C[C@@H](O)[C@@H](O)C[C@]4(C)C3CC[C@]12C. The van der Waals surface area contributed by atoms with Crippen LogP contribution < -0.4 is 0 Å². The zero-order valence-corrected chi connectivity index (χ0v) is 24.9. The summed E-state index contributed by atoms with van der Waals surface area (Å²) >= 11 is 0. The zero-order chi connectivity index (χ0) is 30.2. The van der Waals surface area contributed by atoms with E-state index >= 15 is 0 Å². The number of allylic oxidation sites excluding steroid dienone is 1. The number of aliphatic hydroxyl groups is 5.